The Morgan fingerprint density at radius 3 is 2.46 bits per heavy atom. The van der Waals surface area contributed by atoms with Crippen LogP contribution in [0.15, 0.2) is 48.5 Å². The first kappa shape index (κ1) is 18.9. The van der Waals surface area contributed by atoms with Crippen LogP contribution in [0.2, 0.25) is 0 Å². The van der Waals surface area contributed by atoms with E-state index >= 15 is 0 Å². The minimum Gasteiger partial charge on any atom is -0.445 e. The number of ether oxygens (including phenoxy) is 1. The number of amides is 1. The van der Waals surface area contributed by atoms with E-state index in [1.807, 2.05) is 18.2 Å². The lowest BCUT2D eigenvalue weighted by Gasteiger charge is -2.07. The first-order valence-corrected chi connectivity index (χ1v) is 7.44. The highest BCUT2D eigenvalue weighted by molar-refractivity contribution is 5.67. The minimum atomic E-state index is -4.57. The van der Waals surface area contributed by atoms with E-state index in [1.165, 1.54) is 6.07 Å². The fourth-order valence-corrected chi connectivity index (χ4v) is 1.96. The summed E-state index contributed by atoms with van der Waals surface area (Å²) >= 11 is 0. The molecule has 0 bridgehead atoms. The van der Waals surface area contributed by atoms with Gasteiger partial charge in [0, 0.05) is 5.56 Å². The van der Waals surface area contributed by atoms with E-state index in [1.54, 1.807) is 18.2 Å². The maximum absolute atomic E-state index is 12.8. The van der Waals surface area contributed by atoms with Crippen LogP contribution < -0.4 is 5.32 Å². The van der Waals surface area contributed by atoms with Crippen molar-refractivity contribution >= 4 is 6.09 Å². The lowest BCUT2D eigenvalue weighted by Crippen LogP contribution is -2.24. The third-order valence-corrected chi connectivity index (χ3v) is 3.16. The molecule has 0 saturated heterocycles. The van der Waals surface area contributed by atoms with Crippen molar-refractivity contribution in [2.45, 2.75) is 12.8 Å². The first-order chi connectivity index (χ1) is 12.4. The normalized spacial score (nSPS) is 10.2. The molecular formula is C19H13F3N2O2. The van der Waals surface area contributed by atoms with Gasteiger partial charge in [0.2, 0.25) is 0 Å². The Morgan fingerprint density at radius 1 is 1.12 bits per heavy atom. The molecule has 1 N–H and O–H groups in total. The third kappa shape index (κ3) is 5.88. The van der Waals surface area contributed by atoms with E-state index in [4.69, 9.17) is 10.00 Å². The van der Waals surface area contributed by atoms with Gasteiger partial charge < -0.3 is 10.1 Å². The number of rotatable bonds is 3. The number of alkyl carbamates (subject to hydrolysis) is 1. The van der Waals surface area contributed by atoms with Crippen molar-refractivity contribution in [1.82, 2.24) is 5.32 Å². The average molecular weight is 358 g/mol. The second-order valence-electron chi connectivity index (χ2n) is 5.13. The zero-order chi connectivity index (χ0) is 19.0. The Labute approximate surface area is 148 Å². The molecule has 132 valence electrons. The number of carbonyl (C=O) groups is 1. The summed E-state index contributed by atoms with van der Waals surface area (Å²) in [5, 5.41) is 11.2. The highest BCUT2D eigenvalue weighted by atomic mass is 19.4. The highest BCUT2D eigenvalue weighted by Gasteiger charge is 2.31. The number of nitriles is 1. The number of nitrogens with zero attached hydrogens (tertiary/aromatic N) is 1. The van der Waals surface area contributed by atoms with Crippen LogP contribution in [0.25, 0.3) is 0 Å². The predicted molar refractivity (Wildman–Crippen MR) is 87.7 cm³/mol. The summed E-state index contributed by atoms with van der Waals surface area (Å²) in [4.78, 5) is 11.5. The molecular weight excluding hydrogens is 345 g/mol. The van der Waals surface area contributed by atoms with E-state index in [-0.39, 0.29) is 24.3 Å². The molecule has 0 aliphatic heterocycles. The molecule has 0 aliphatic rings. The molecule has 0 aliphatic carbocycles. The van der Waals surface area contributed by atoms with Crippen molar-refractivity contribution in [1.29, 1.82) is 5.26 Å². The Morgan fingerprint density at radius 2 is 1.81 bits per heavy atom. The van der Waals surface area contributed by atoms with Crippen LogP contribution >= 0.6 is 0 Å². The van der Waals surface area contributed by atoms with E-state index in [0.29, 0.717) is 0 Å². The van der Waals surface area contributed by atoms with Crippen LogP contribution in [0.1, 0.15) is 22.3 Å². The molecule has 26 heavy (non-hydrogen) atoms. The molecule has 0 radical (unpaired) electrons. The number of hydrogen-bond acceptors (Lipinski definition) is 3. The standard InChI is InChI=1S/C19H13F3N2O2/c20-19(21,22)17-10-15(9-16(11-17)12-23)7-4-8-24-18(25)26-13-14-5-2-1-3-6-14/h1-3,5-6,9-11H,8,13H2,(H,24,25). The maximum Gasteiger partial charge on any atom is 0.416 e. The molecule has 0 saturated carbocycles. The quantitative estimate of drug-likeness (QED) is 0.848. The van der Waals surface area contributed by atoms with Gasteiger partial charge in [0.05, 0.1) is 23.7 Å². The minimum absolute atomic E-state index is 0.0378. The summed E-state index contributed by atoms with van der Waals surface area (Å²) in [5.41, 5.74) is -0.229. The second-order valence-corrected chi connectivity index (χ2v) is 5.13. The average Bonchev–Trinajstić information content (AvgIpc) is 2.63. The van der Waals surface area contributed by atoms with E-state index in [2.05, 4.69) is 17.2 Å². The van der Waals surface area contributed by atoms with Gasteiger partial charge in [0.25, 0.3) is 0 Å². The number of benzene rings is 2. The zero-order valence-electron chi connectivity index (χ0n) is 13.4. The fraction of sp³-hybridized carbons (Fsp3) is 0.158. The van der Waals surface area contributed by atoms with Gasteiger partial charge in [-0.2, -0.15) is 18.4 Å². The molecule has 0 atom stereocenters. The van der Waals surface area contributed by atoms with Gasteiger partial charge in [-0.05, 0) is 23.8 Å². The predicted octanol–water partition coefficient (Wildman–Crippen LogP) is 3.85. The summed E-state index contributed by atoms with van der Waals surface area (Å²) in [6, 6.07) is 13.6. The van der Waals surface area contributed by atoms with Gasteiger partial charge in [-0.15, -0.1) is 0 Å². The van der Waals surface area contributed by atoms with Gasteiger partial charge in [-0.1, -0.05) is 42.2 Å². The highest BCUT2D eigenvalue weighted by Crippen LogP contribution is 2.30. The van der Waals surface area contributed by atoms with Crippen LogP contribution in [0.3, 0.4) is 0 Å². The lowest BCUT2D eigenvalue weighted by atomic mass is 10.1. The van der Waals surface area contributed by atoms with Gasteiger partial charge >= 0.3 is 12.3 Å². The van der Waals surface area contributed by atoms with Crippen molar-refractivity contribution in [3.8, 4) is 17.9 Å². The van der Waals surface area contributed by atoms with E-state index in [9.17, 15) is 18.0 Å². The van der Waals surface area contributed by atoms with Gasteiger partial charge in [-0.25, -0.2) is 4.79 Å². The number of carbonyl (C=O) groups excluding carboxylic acids is 1. The third-order valence-electron chi connectivity index (χ3n) is 3.16. The number of nitrogens with one attached hydrogen (secondary N) is 1. The van der Waals surface area contributed by atoms with Crippen molar-refractivity contribution in [3.63, 3.8) is 0 Å². The molecule has 2 aromatic carbocycles. The smallest absolute Gasteiger partial charge is 0.416 e. The molecule has 2 rings (SSSR count). The van der Waals surface area contributed by atoms with Crippen molar-refractivity contribution < 1.29 is 22.7 Å². The van der Waals surface area contributed by atoms with E-state index < -0.39 is 17.8 Å². The summed E-state index contributed by atoms with van der Waals surface area (Å²) in [6.07, 6.45) is -5.26. The molecule has 7 heteroatoms. The molecule has 0 aromatic heterocycles. The second kappa shape index (κ2) is 8.59. The van der Waals surface area contributed by atoms with Crippen LogP contribution in [0.4, 0.5) is 18.0 Å². The van der Waals surface area contributed by atoms with Crippen LogP contribution in [0, 0.1) is 23.2 Å². The molecule has 0 heterocycles. The summed E-state index contributed by atoms with van der Waals surface area (Å²) in [7, 11) is 0. The Balaban J connectivity index is 1.91. The Hall–Kier alpha value is -3.45. The molecule has 0 unspecified atom stereocenters. The molecule has 0 spiro atoms. The van der Waals surface area contributed by atoms with Gasteiger partial charge in [-0.3, -0.25) is 0 Å². The molecule has 2 aromatic rings. The summed E-state index contributed by atoms with van der Waals surface area (Å²) in [6.45, 7) is -0.00891. The lowest BCUT2D eigenvalue weighted by molar-refractivity contribution is -0.137. The number of halogens is 3. The van der Waals surface area contributed by atoms with Crippen molar-refractivity contribution in [3.05, 3.63) is 70.8 Å². The van der Waals surface area contributed by atoms with Gasteiger partial charge in [0.15, 0.2) is 0 Å². The SMILES string of the molecule is N#Cc1cc(C#CCNC(=O)OCc2ccccc2)cc(C(F)(F)F)c1. The Bertz CT molecular complexity index is 876. The zero-order valence-corrected chi connectivity index (χ0v) is 13.4. The van der Waals surface area contributed by atoms with Crippen molar-refractivity contribution in [2.24, 2.45) is 0 Å². The van der Waals surface area contributed by atoms with E-state index in [0.717, 1.165) is 17.7 Å². The van der Waals surface area contributed by atoms with Crippen molar-refractivity contribution in [2.75, 3.05) is 6.54 Å². The summed E-state index contributed by atoms with van der Waals surface area (Å²) in [5.74, 6) is 5.01. The number of hydrogen-bond donors (Lipinski definition) is 1. The first-order valence-electron chi connectivity index (χ1n) is 7.44. The summed E-state index contributed by atoms with van der Waals surface area (Å²) < 4.78 is 43.3. The molecule has 4 nitrogen and oxygen atoms in total. The monoisotopic (exact) mass is 358 g/mol. The van der Waals surface area contributed by atoms with Gasteiger partial charge in [0.1, 0.15) is 6.61 Å². The Kier molecular flexibility index (Phi) is 6.24. The fourth-order valence-electron chi connectivity index (χ4n) is 1.96. The maximum atomic E-state index is 12.8. The topological polar surface area (TPSA) is 62.1 Å². The largest absolute Gasteiger partial charge is 0.445 e. The van der Waals surface area contributed by atoms with Crippen LogP contribution in [-0.4, -0.2) is 12.6 Å². The molecule has 0 fully saturated rings. The molecule has 1 amide bonds. The van der Waals surface area contributed by atoms with Crippen LogP contribution in [-0.2, 0) is 17.5 Å². The van der Waals surface area contributed by atoms with Crippen LogP contribution in [0.5, 0.6) is 0 Å². The number of alkyl halides is 3.